The number of hydrogen-bond acceptors (Lipinski definition) is 3. The Bertz CT molecular complexity index is 726. The second kappa shape index (κ2) is 7.49. The zero-order chi connectivity index (χ0) is 16.8. The van der Waals surface area contributed by atoms with E-state index in [0.717, 1.165) is 11.1 Å². The van der Waals surface area contributed by atoms with E-state index in [1.54, 1.807) is 13.0 Å². The average Bonchev–Trinajstić information content (AvgIpc) is 2.51. The molecule has 2 amide bonds. The lowest BCUT2D eigenvalue weighted by Gasteiger charge is -2.20. The van der Waals surface area contributed by atoms with Crippen molar-refractivity contribution in [1.29, 1.82) is 0 Å². The van der Waals surface area contributed by atoms with Crippen molar-refractivity contribution < 1.29 is 14.4 Å². The Kier molecular flexibility index (Phi) is 5.41. The Hall–Kier alpha value is -2.75. The number of benzene rings is 1. The summed E-state index contributed by atoms with van der Waals surface area (Å²) in [4.78, 5) is 35.5. The molecule has 0 saturated carbocycles. The number of rotatable bonds is 4. The van der Waals surface area contributed by atoms with Crippen LogP contribution in [0.4, 0.5) is 0 Å². The number of Topliss-reactive ketones (excluding diaryl/α,β-unsaturated/α-hetero) is 1. The number of piperidine rings is 1. The van der Waals surface area contributed by atoms with E-state index in [2.05, 4.69) is 5.32 Å². The van der Waals surface area contributed by atoms with Crippen molar-refractivity contribution in [3.8, 4) is 0 Å². The summed E-state index contributed by atoms with van der Waals surface area (Å²) in [5, 5.41) is 2.23. The van der Waals surface area contributed by atoms with E-state index in [9.17, 15) is 14.4 Å². The van der Waals surface area contributed by atoms with Crippen LogP contribution in [0.2, 0.25) is 0 Å². The van der Waals surface area contributed by atoms with Gasteiger partial charge in [-0.15, -0.1) is 0 Å². The molecule has 1 aromatic rings. The number of hydrogen-bond donors (Lipinski definition) is 1. The number of carbonyl (C=O) groups is 3. The van der Waals surface area contributed by atoms with Crippen LogP contribution in [0.1, 0.15) is 31.4 Å². The maximum absolute atomic E-state index is 12.2. The van der Waals surface area contributed by atoms with Crippen LogP contribution in [0.3, 0.4) is 0 Å². The highest BCUT2D eigenvalue weighted by molar-refractivity contribution is 6.32. The van der Waals surface area contributed by atoms with Crippen LogP contribution in [-0.2, 0) is 14.4 Å². The Labute approximate surface area is 135 Å². The summed E-state index contributed by atoms with van der Waals surface area (Å²) in [5.74, 6) is -2.32. The Morgan fingerprint density at radius 1 is 1.13 bits per heavy atom. The van der Waals surface area contributed by atoms with E-state index in [1.807, 2.05) is 49.4 Å². The van der Waals surface area contributed by atoms with Gasteiger partial charge in [0.2, 0.25) is 5.91 Å². The van der Waals surface area contributed by atoms with Gasteiger partial charge >= 0.3 is 0 Å². The van der Waals surface area contributed by atoms with Gasteiger partial charge in [0.1, 0.15) is 5.92 Å². The molecule has 0 bridgehead atoms. The SMILES string of the molecule is CC=Cc1cccc(C=CC=C2C(=O)NC(=O)C(CC)C2=O)c1. The second-order valence-corrected chi connectivity index (χ2v) is 5.25. The topological polar surface area (TPSA) is 63.2 Å². The lowest BCUT2D eigenvalue weighted by molar-refractivity contribution is -0.139. The van der Waals surface area contributed by atoms with Gasteiger partial charge in [-0.1, -0.05) is 49.4 Å². The number of nitrogens with one attached hydrogen (secondary N) is 1. The standard InChI is InChI=1S/C19H19NO3/c1-3-7-13-8-5-9-14(12-13)10-6-11-16-17(21)15(4-2)18(22)20-19(16)23/h3,5-12,15H,4H2,1-2H3,(H,20,22,23). The van der Waals surface area contributed by atoms with Crippen LogP contribution in [-0.4, -0.2) is 17.6 Å². The van der Waals surface area contributed by atoms with Gasteiger partial charge in [0.15, 0.2) is 5.78 Å². The molecule has 0 aliphatic carbocycles. The third-order valence-electron chi connectivity index (χ3n) is 3.61. The Morgan fingerprint density at radius 2 is 1.83 bits per heavy atom. The molecule has 2 rings (SSSR count). The summed E-state index contributed by atoms with van der Waals surface area (Å²) < 4.78 is 0. The van der Waals surface area contributed by atoms with Crippen LogP contribution >= 0.6 is 0 Å². The minimum absolute atomic E-state index is 0.0253. The predicted molar refractivity (Wildman–Crippen MR) is 90.2 cm³/mol. The molecule has 1 heterocycles. The molecular formula is C19H19NO3. The van der Waals surface area contributed by atoms with E-state index in [-0.39, 0.29) is 5.57 Å². The third-order valence-corrected chi connectivity index (χ3v) is 3.61. The fourth-order valence-electron chi connectivity index (χ4n) is 2.43. The fraction of sp³-hybridized carbons (Fsp3) is 0.211. The average molecular weight is 309 g/mol. The van der Waals surface area contributed by atoms with Crippen molar-refractivity contribution >= 4 is 29.7 Å². The molecule has 4 heteroatoms. The number of carbonyl (C=O) groups excluding carboxylic acids is 3. The molecular weight excluding hydrogens is 290 g/mol. The minimum Gasteiger partial charge on any atom is -0.293 e. The predicted octanol–water partition coefficient (Wildman–Crippen LogP) is 2.91. The van der Waals surface area contributed by atoms with Crippen LogP contribution in [0.5, 0.6) is 0 Å². The van der Waals surface area contributed by atoms with Gasteiger partial charge in [-0.3, -0.25) is 19.7 Å². The summed E-state index contributed by atoms with van der Waals surface area (Å²) in [6.07, 6.45) is 9.27. The second-order valence-electron chi connectivity index (χ2n) is 5.25. The zero-order valence-corrected chi connectivity index (χ0v) is 13.2. The minimum atomic E-state index is -0.773. The Balaban J connectivity index is 2.21. The molecule has 1 aromatic carbocycles. The smallest absolute Gasteiger partial charge is 0.261 e. The van der Waals surface area contributed by atoms with Gasteiger partial charge in [0.05, 0.1) is 5.57 Å². The van der Waals surface area contributed by atoms with Crippen LogP contribution in [0, 0.1) is 5.92 Å². The number of imide groups is 1. The molecule has 1 saturated heterocycles. The molecule has 0 spiro atoms. The molecule has 23 heavy (non-hydrogen) atoms. The maximum Gasteiger partial charge on any atom is 0.261 e. The molecule has 0 aromatic heterocycles. The molecule has 1 unspecified atom stereocenters. The summed E-state index contributed by atoms with van der Waals surface area (Å²) >= 11 is 0. The van der Waals surface area contributed by atoms with E-state index < -0.39 is 23.5 Å². The van der Waals surface area contributed by atoms with Gasteiger partial charge < -0.3 is 0 Å². The van der Waals surface area contributed by atoms with Crippen molar-refractivity contribution in [1.82, 2.24) is 5.32 Å². The maximum atomic E-state index is 12.2. The lowest BCUT2D eigenvalue weighted by Crippen LogP contribution is -2.47. The van der Waals surface area contributed by atoms with E-state index in [0.29, 0.717) is 6.42 Å². The molecule has 0 radical (unpaired) electrons. The van der Waals surface area contributed by atoms with E-state index in [1.165, 1.54) is 6.08 Å². The molecule has 4 nitrogen and oxygen atoms in total. The first-order chi connectivity index (χ1) is 11.1. The summed E-state index contributed by atoms with van der Waals surface area (Å²) in [7, 11) is 0. The van der Waals surface area contributed by atoms with Gasteiger partial charge in [-0.25, -0.2) is 0 Å². The van der Waals surface area contributed by atoms with E-state index >= 15 is 0 Å². The monoisotopic (exact) mass is 309 g/mol. The number of amides is 2. The molecule has 118 valence electrons. The fourth-order valence-corrected chi connectivity index (χ4v) is 2.43. The quantitative estimate of drug-likeness (QED) is 0.402. The van der Waals surface area contributed by atoms with Gasteiger partial charge in [-0.2, -0.15) is 0 Å². The van der Waals surface area contributed by atoms with E-state index in [4.69, 9.17) is 0 Å². The van der Waals surface area contributed by atoms with Gasteiger partial charge in [0, 0.05) is 0 Å². The van der Waals surface area contributed by atoms with Gasteiger partial charge in [-0.05, 0) is 36.6 Å². The van der Waals surface area contributed by atoms with Crippen molar-refractivity contribution in [2.24, 2.45) is 5.92 Å². The summed E-state index contributed by atoms with van der Waals surface area (Å²) in [6.45, 7) is 3.70. The first-order valence-electron chi connectivity index (χ1n) is 7.57. The largest absolute Gasteiger partial charge is 0.293 e. The lowest BCUT2D eigenvalue weighted by atomic mass is 9.90. The van der Waals surface area contributed by atoms with Crippen molar-refractivity contribution in [2.75, 3.05) is 0 Å². The van der Waals surface area contributed by atoms with Crippen molar-refractivity contribution in [3.63, 3.8) is 0 Å². The van der Waals surface area contributed by atoms with Crippen molar-refractivity contribution in [3.05, 3.63) is 59.2 Å². The first kappa shape index (κ1) is 16.6. The first-order valence-corrected chi connectivity index (χ1v) is 7.57. The highest BCUT2D eigenvalue weighted by Crippen LogP contribution is 2.17. The Morgan fingerprint density at radius 3 is 2.48 bits per heavy atom. The van der Waals surface area contributed by atoms with Crippen LogP contribution in [0.25, 0.3) is 12.2 Å². The molecule has 1 fully saturated rings. The molecule has 1 atom stereocenters. The molecule has 1 aliphatic heterocycles. The molecule has 1 N–H and O–H groups in total. The highest BCUT2D eigenvalue weighted by atomic mass is 16.2. The summed E-state index contributed by atoms with van der Waals surface area (Å²) in [5.41, 5.74) is 2.06. The summed E-state index contributed by atoms with van der Waals surface area (Å²) in [6, 6.07) is 7.86. The van der Waals surface area contributed by atoms with Crippen molar-refractivity contribution in [2.45, 2.75) is 20.3 Å². The highest BCUT2D eigenvalue weighted by Gasteiger charge is 2.36. The van der Waals surface area contributed by atoms with Gasteiger partial charge in [0.25, 0.3) is 5.91 Å². The van der Waals surface area contributed by atoms with Crippen LogP contribution in [0.15, 0.2) is 48.1 Å². The zero-order valence-electron chi connectivity index (χ0n) is 13.2. The molecule has 1 aliphatic rings. The normalized spacial score (nSPS) is 20.7. The van der Waals surface area contributed by atoms with Crippen LogP contribution < -0.4 is 5.32 Å². The number of ketones is 1. The third kappa shape index (κ3) is 3.92. The number of allylic oxidation sites excluding steroid dienone is 3.